The lowest BCUT2D eigenvalue weighted by molar-refractivity contribution is -0.151. The van der Waals surface area contributed by atoms with Crippen molar-refractivity contribution in [1.82, 2.24) is 5.32 Å². The minimum atomic E-state index is -0.448. The number of carbonyl (C=O) groups excluding carboxylic acids is 1. The van der Waals surface area contributed by atoms with Crippen molar-refractivity contribution in [2.24, 2.45) is 0 Å². The normalized spacial score (nSPS) is 24.8. The lowest BCUT2D eigenvalue weighted by Gasteiger charge is -2.39. The third-order valence-electron chi connectivity index (χ3n) is 2.08. The van der Waals surface area contributed by atoms with Gasteiger partial charge in [-0.3, -0.25) is 4.79 Å². The van der Waals surface area contributed by atoms with Gasteiger partial charge >= 0.3 is 5.97 Å². The standard InChI is InChI=1S/C8H13NO2.C2H6/c1-3-4-8(5-6-9-8)7(10)11-2;1-2/h3,9H,1,4-6H2,2H3;1-2H3. The minimum Gasteiger partial charge on any atom is -0.468 e. The van der Waals surface area contributed by atoms with Gasteiger partial charge < -0.3 is 10.1 Å². The van der Waals surface area contributed by atoms with Crippen LogP contribution in [0.2, 0.25) is 0 Å². The maximum atomic E-state index is 11.2. The maximum Gasteiger partial charge on any atom is 0.326 e. The monoisotopic (exact) mass is 185 g/mol. The number of nitrogens with one attached hydrogen (secondary N) is 1. The first-order valence-corrected chi connectivity index (χ1v) is 4.69. The molecule has 0 aromatic rings. The zero-order valence-electron chi connectivity index (χ0n) is 8.72. The molecule has 1 aliphatic rings. The van der Waals surface area contributed by atoms with Crippen molar-refractivity contribution in [3.05, 3.63) is 12.7 Å². The van der Waals surface area contributed by atoms with Gasteiger partial charge in [-0.25, -0.2) is 0 Å². The van der Waals surface area contributed by atoms with E-state index in [-0.39, 0.29) is 5.97 Å². The van der Waals surface area contributed by atoms with Gasteiger partial charge in [0.05, 0.1) is 7.11 Å². The van der Waals surface area contributed by atoms with Crippen LogP contribution in [0.1, 0.15) is 26.7 Å². The first-order valence-electron chi connectivity index (χ1n) is 4.69. The van der Waals surface area contributed by atoms with Crippen LogP contribution in [0.25, 0.3) is 0 Å². The average molecular weight is 185 g/mol. The molecule has 1 rings (SSSR count). The number of carbonyl (C=O) groups is 1. The Hall–Kier alpha value is -0.830. The van der Waals surface area contributed by atoms with E-state index in [1.54, 1.807) is 6.08 Å². The van der Waals surface area contributed by atoms with Crippen LogP contribution < -0.4 is 5.32 Å². The number of rotatable bonds is 3. The summed E-state index contributed by atoms with van der Waals surface area (Å²) in [5.41, 5.74) is -0.448. The predicted octanol–water partition coefficient (Wildman–Crippen LogP) is 1.49. The van der Waals surface area contributed by atoms with Gasteiger partial charge in [0.1, 0.15) is 5.54 Å². The van der Waals surface area contributed by atoms with E-state index < -0.39 is 5.54 Å². The number of hydrogen-bond acceptors (Lipinski definition) is 3. The fourth-order valence-electron chi connectivity index (χ4n) is 1.30. The van der Waals surface area contributed by atoms with Crippen LogP contribution in [0.4, 0.5) is 0 Å². The van der Waals surface area contributed by atoms with E-state index in [0.29, 0.717) is 6.42 Å². The van der Waals surface area contributed by atoms with Crippen molar-refractivity contribution in [3.63, 3.8) is 0 Å². The van der Waals surface area contributed by atoms with E-state index in [1.165, 1.54) is 7.11 Å². The van der Waals surface area contributed by atoms with E-state index in [9.17, 15) is 4.79 Å². The Labute approximate surface area is 80.2 Å². The van der Waals surface area contributed by atoms with Crippen LogP contribution in [-0.2, 0) is 9.53 Å². The van der Waals surface area contributed by atoms with Crippen molar-refractivity contribution in [2.45, 2.75) is 32.2 Å². The molecule has 3 nitrogen and oxygen atoms in total. The zero-order valence-corrected chi connectivity index (χ0v) is 8.72. The fourth-order valence-corrected chi connectivity index (χ4v) is 1.30. The number of esters is 1. The molecule has 1 saturated heterocycles. The van der Waals surface area contributed by atoms with Gasteiger partial charge in [-0.2, -0.15) is 0 Å². The molecule has 0 saturated carbocycles. The van der Waals surface area contributed by atoms with Crippen molar-refractivity contribution < 1.29 is 9.53 Å². The van der Waals surface area contributed by atoms with Gasteiger partial charge in [-0.05, 0) is 19.4 Å². The summed E-state index contributed by atoms with van der Waals surface area (Å²) < 4.78 is 4.66. The first-order chi connectivity index (χ1) is 6.25. The highest BCUT2D eigenvalue weighted by molar-refractivity contribution is 5.82. The molecule has 1 heterocycles. The molecule has 76 valence electrons. The SMILES string of the molecule is C=CCC1(C(=O)OC)CCN1.CC. The third-order valence-corrected chi connectivity index (χ3v) is 2.08. The highest BCUT2D eigenvalue weighted by Crippen LogP contribution is 2.24. The molecule has 1 aliphatic heterocycles. The van der Waals surface area contributed by atoms with Crippen molar-refractivity contribution in [3.8, 4) is 0 Å². The highest BCUT2D eigenvalue weighted by atomic mass is 16.5. The number of hydrogen-bond donors (Lipinski definition) is 1. The largest absolute Gasteiger partial charge is 0.468 e. The molecular formula is C10H19NO2. The molecule has 0 bridgehead atoms. The maximum absolute atomic E-state index is 11.2. The quantitative estimate of drug-likeness (QED) is 0.535. The molecule has 0 amide bonds. The summed E-state index contributed by atoms with van der Waals surface area (Å²) in [4.78, 5) is 11.2. The summed E-state index contributed by atoms with van der Waals surface area (Å²) in [6.07, 6.45) is 3.24. The lowest BCUT2D eigenvalue weighted by atomic mass is 9.85. The van der Waals surface area contributed by atoms with Crippen molar-refractivity contribution in [1.29, 1.82) is 0 Å². The van der Waals surface area contributed by atoms with Gasteiger partial charge in [0.25, 0.3) is 0 Å². The number of ether oxygens (including phenoxy) is 1. The Morgan fingerprint density at radius 1 is 1.69 bits per heavy atom. The molecule has 1 N–H and O–H groups in total. The van der Waals surface area contributed by atoms with Crippen molar-refractivity contribution in [2.75, 3.05) is 13.7 Å². The Morgan fingerprint density at radius 2 is 2.23 bits per heavy atom. The van der Waals surface area contributed by atoms with Crippen LogP contribution in [0, 0.1) is 0 Å². The average Bonchev–Trinajstić information content (AvgIpc) is 2.13. The molecule has 13 heavy (non-hydrogen) atoms. The topological polar surface area (TPSA) is 38.3 Å². The molecule has 0 spiro atoms. The molecular weight excluding hydrogens is 166 g/mol. The molecule has 0 aromatic heterocycles. The van der Waals surface area contributed by atoms with Crippen LogP contribution in [0.3, 0.4) is 0 Å². The Morgan fingerprint density at radius 3 is 2.46 bits per heavy atom. The summed E-state index contributed by atoms with van der Waals surface area (Å²) >= 11 is 0. The molecule has 0 aliphatic carbocycles. The van der Waals surface area contributed by atoms with Crippen molar-refractivity contribution >= 4 is 5.97 Å². The smallest absolute Gasteiger partial charge is 0.326 e. The minimum absolute atomic E-state index is 0.177. The summed E-state index contributed by atoms with van der Waals surface area (Å²) in [6, 6.07) is 0. The fraction of sp³-hybridized carbons (Fsp3) is 0.700. The Bertz CT molecular complexity index is 174. The second-order valence-corrected chi connectivity index (χ2v) is 2.74. The lowest BCUT2D eigenvalue weighted by Crippen LogP contribution is -2.62. The number of methoxy groups -OCH3 is 1. The molecule has 1 atom stereocenters. The van der Waals surface area contributed by atoms with Crippen LogP contribution in [0.15, 0.2) is 12.7 Å². The molecule has 3 heteroatoms. The third kappa shape index (κ3) is 2.56. The van der Waals surface area contributed by atoms with Crippen LogP contribution >= 0.6 is 0 Å². The van der Waals surface area contributed by atoms with Gasteiger partial charge in [0.2, 0.25) is 0 Å². The summed E-state index contributed by atoms with van der Waals surface area (Å²) in [6.45, 7) is 8.49. The summed E-state index contributed by atoms with van der Waals surface area (Å²) in [7, 11) is 1.41. The van der Waals surface area contributed by atoms with E-state index in [1.807, 2.05) is 13.8 Å². The molecule has 1 unspecified atom stereocenters. The predicted molar refractivity (Wildman–Crippen MR) is 53.5 cm³/mol. The van der Waals surface area contributed by atoms with Crippen LogP contribution in [0.5, 0.6) is 0 Å². The second kappa shape index (κ2) is 5.75. The molecule has 0 radical (unpaired) electrons. The van der Waals surface area contributed by atoms with Gasteiger partial charge in [0, 0.05) is 0 Å². The zero-order chi connectivity index (χ0) is 10.3. The first kappa shape index (κ1) is 12.2. The van der Waals surface area contributed by atoms with E-state index in [2.05, 4.69) is 16.6 Å². The van der Waals surface area contributed by atoms with E-state index in [4.69, 9.17) is 0 Å². The van der Waals surface area contributed by atoms with Gasteiger partial charge in [0.15, 0.2) is 0 Å². The van der Waals surface area contributed by atoms with Gasteiger partial charge in [-0.1, -0.05) is 19.9 Å². The van der Waals surface area contributed by atoms with E-state index >= 15 is 0 Å². The highest BCUT2D eigenvalue weighted by Gasteiger charge is 2.43. The summed E-state index contributed by atoms with van der Waals surface area (Å²) in [5, 5.41) is 3.06. The van der Waals surface area contributed by atoms with E-state index in [0.717, 1.165) is 13.0 Å². The molecule has 0 aromatic carbocycles. The Kier molecular flexibility index (Phi) is 5.39. The second-order valence-electron chi connectivity index (χ2n) is 2.74. The van der Waals surface area contributed by atoms with Gasteiger partial charge in [-0.15, -0.1) is 6.58 Å². The van der Waals surface area contributed by atoms with Crippen LogP contribution in [-0.4, -0.2) is 25.2 Å². The molecule has 1 fully saturated rings. The summed E-state index contributed by atoms with van der Waals surface area (Å²) in [5.74, 6) is -0.177. The Balaban J connectivity index is 0.000000671.